The third kappa shape index (κ3) is 53.9. The highest BCUT2D eigenvalue weighted by atomic mass is 16.5. The maximum atomic E-state index is 12.5. The molecule has 6 nitrogen and oxygen atoms in total. The Morgan fingerprint density at radius 2 is 0.691 bits per heavy atom. The van der Waals surface area contributed by atoms with Gasteiger partial charge in [0.2, 0.25) is 5.91 Å². The number of rotatable bonds is 58. The number of carbonyl (C=O) groups is 2. The fraction of sp³-hybridized carbons (Fsp3) is 0.935. The molecule has 0 radical (unpaired) electrons. The van der Waals surface area contributed by atoms with E-state index >= 15 is 0 Å². The predicted octanol–water partition coefficient (Wildman–Crippen LogP) is 19.2. The lowest BCUT2D eigenvalue weighted by Crippen LogP contribution is -2.45. The second kappa shape index (κ2) is 58.2. The molecule has 1 amide bonds. The summed E-state index contributed by atoms with van der Waals surface area (Å²) in [6, 6.07) is -0.559. The van der Waals surface area contributed by atoms with Gasteiger partial charge in [-0.2, -0.15) is 0 Å². The molecule has 0 saturated carbocycles. The van der Waals surface area contributed by atoms with E-state index in [9.17, 15) is 19.8 Å². The van der Waals surface area contributed by atoms with E-state index in [1.165, 1.54) is 257 Å². The van der Waals surface area contributed by atoms with Crippen LogP contribution in [-0.4, -0.2) is 47.4 Å². The van der Waals surface area contributed by atoms with E-state index in [0.717, 1.165) is 57.8 Å². The molecule has 0 aromatic heterocycles. The van der Waals surface area contributed by atoms with Crippen LogP contribution >= 0.6 is 0 Å². The molecular formula is C62H121NO5. The third-order valence-corrected chi connectivity index (χ3v) is 14.6. The average molecular weight is 961 g/mol. The lowest BCUT2D eigenvalue weighted by Gasteiger charge is -2.22. The summed E-state index contributed by atoms with van der Waals surface area (Å²) < 4.78 is 5.47. The van der Waals surface area contributed by atoms with Gasteiger partial charge in [0.1, 0.15) is 0 Å². The van der Waals surface area contributed by atoms with Gasteiger partial charge in [-0.1, -0.05) is 296 Å². The first-order valence-corrected chi connectivity index (χ1v) is 30.9. The Morgan fingerprint density at radius 3 is 1.04 bits per heavy atom. The van der Waals surface area contributed by atoms with Gasteiger partial charge in [0.15, 0.2) is 0 Å². The molecule has 0 aliphatic carbocycles. The van der Waals surface area contributed by atoms with Crippen LogP contribution in [0.5, 0.6) is 0 Å². The predicted molar refractivity (Wildman–Crippen MR) is 297 cm³/mol. The van der Waals surface area contributed by atoms with Crippen molar-refractivity contribution in [1.82, 2.24) is 5.32 Å². The number of unbranched alkanes of at least 4 members (excludes halogenated alkanes) is 45. The van der Waals surface area contributed by atoms with Crippen LogP contribution in [0.1, 0.15) is 348 Å². The van der Waals surface area contributed by atoms with E-state index in [0.29, 0.717) is 25.9 Å². The maximum absolute atomic E-state index is 12.5. The van der Waals surface area contributed by atoms with Crippen molar-refractivity contribution in [3.05, 3.63) is 12.2 Å². The van der Waals surface area contributed by atoms with Crippen molar-refractivity contribution in [3.63, 3.8) is 0 Å². The van der Waals surface area contributed by atoms with E-state index in [4.69, 9.17) is 4.74 Å². The first-order valence-electron chi connectivity index (χ1n) is 30.9. The molecular weight excluding hydrogens is 839 g/mol. The highest BCUT2D eigenvalue weighted by Gasteiger charge is 2.20. The number of hydrogen-bond donors (Lipinski definition) is 3. The minimum Gasteiger partial charge on any atom is -0.466 e. The number of hydrogen-bond acceptors (Lipinski definition) is 5. The zero-order chi connectivity index (χ0) is 49.3. The summed E-state index contributed by atoms with van der Waals surface area (Å²) in [5.74, 6) is -0.0742. The Hall–Kier alpha value is -1.40. The molecule has 0 aliphatic rings. The molecule has 0 spiro atoms. The quantitative estimate of drug-likeness (QED) is 0.0321. The number of esters is 1. The van der Waals surface area contributed by atoms with Crippen LogP contribution in [0.25, 0.3) is 0 Å². The van der Waals surface area contributed by atoms with E-state index in [1.54, 1.807) is 0 Å². The second-order valence-corrected chi connectivity index (χ2v) is 21.4. The molecule has 0 aromatic carbocycles. The molecule has 6 heteroatoms. The number of aliphatic hydroxyl groups excluding tert-OH is 2. The van der Waals surface area contributed by atoms with Crippen LogP contribution in [0.2, 0.25) is 0 Å². The summed E-state index contributed by atoms with van der Waals surface area (Å²) in [6.07, 6.45) is 69.3. The van der Waals surface area contributed by atoms with Crippen molar-refractivity contribution in [2.24, 2.45) is 0 Å². The van der Waals surface area contributed by atoms with Gasteiger partial charge < -0.3 is 20.3 Å². The zero-order valence-electron chi connectivity index (χ0n) is 46.1. The zero-order valence-corrected chi connectivity index (χ0v) is 46.1. The van der Waals surface area contributed by atoms with Crippen LogP contribution < -0.4 is 5.32 Å². The third-order valence-electron chi connectivity index (χ3n) is 14.6. The number of allylic oxidation sites excluding steroid dienone is 2. The van der Waals surface area contributed by atoms with E-state index < -0.39 is 12.1 Å². The Morgan fingerprint density at radius 1 is 0.397 bits per heavy atom. The Labute approximate surface area is 425 Å². The fourth-order valence-electron chi connectivity index (χ4n) is 9.81. The molecule has 0 rings (SSSR count). The van der Waals surface area contributed by atoms with Gasteiger partial charge >= 0.3 is 5.97 Å². The summed E-state index contributed by atoms with van der Waals surface area (Å²) in [7, 11) is 0. The van der Waals surface area contributed by atoms with Gasteiger partial charge in [0.05, 0.1) is 25.4 Å². The largest absolute Gasteiger partial charge is 0.466 e. The Kier molecular flexibility index (Phi) is 57.0. The standard InChI is InChI=1S/C62H121NO5/c1-3-5-7-9-11-13-15-17-19-21-22-23-24-25-26-27-29-30-32-34-38-42-46-50-54-60(65)59(58-64)63-61(66)55-51-47-43-39-36-37-41-45-49-53-57-68-62(67)56-52-48-44-40-35-33-31-28-20-18-16-14-12-10-8-6-4-2/h18,20,59-60,64-65H,3-17,19,21-58H2,1-2H3,(H,63,66)/b20-18-. The van der Waals surface area contributed by atoms with Gasteiger partial charge in [0, 0.05) is 12.8 Å². The lowest BCUT2D eigenvalue weighted by molar-refractivity contribution is -0.143. The Balaban J connectivity index is 3.45. The minimum atomic E-state index is -0.680. The molecule has 3 N–H and O–H groups in total. The normalized spacial score (nSPS) is 12.6. The molecule has 0 aromatic rings. The van der Waals surface area contributed by atoms with Gasteiger partial charge in [-0.3, -0.25) is 9.59 Å². The highest BCUT2D eigenvalue weighted by molar-refractivity contribution is 5.76. The van der Waals surface area contributed by atoms with Crippen molar-refractivity contribution < 1.29 is 24.5 Å². The average Bonchev–Trinajstić information content (AvgIpc) is 3.34. The molecule has 0 fully saturated rings. The number of ether oxygens (including phenoxy) is 1. The van der Waals surface area contributed by atoms with Gasteiger partial charge in [-0.15, -0.1) is 0 Å². The van der Waals surface area contributed by atoms with E-state index in [2.05, 4.69) is 31.3 Å². The van der Waals surface area contributed by atoms with Gasteiger partial charge in [-0.05, 0) is 51.4 Å². The van der Waals surface area contributed by atoms with Crippen LogP contribution in [-0.2, 0) is 14.3 Å². The molecule has 0 aliphatic heterocycles. The summed E-state index contributed by atoms with van der Waals surface area (Å²) in [5, 5.41) is 23.4. The minimum absolute atomic E-state index is 0.0206. The lowest BCUT2D eigenvalue weighted by atomic mass is 10.0. The van der Waals surface area contributed by atoms with Crippen LogP contribution in [0.15, 0.2) is 12.2 Å². The highest BCUT2D eigenvalue weighted by Crippen LogP contribution is 2.18. The molecule has 404 valence electrons. The van der Waals surface area contributed by atoms with Gasteiger partial charge in [-0.25, -0.2) is 0 Å². The topological polar surface area (TPSA) is 95.9 Å². The van der Waals surface area contributed by atoms with E-state index in [-0.39, 0.29) is 18.5 Å². The first-order chi connectivity index (χ1) is 33.5. The number of nitrogens with one attached hydrogen (secondary N) is 1. The van der Waals surface area contributed by atoms with Crippen LogP contribution in [0, 0.1) is 0 Å². The van der Waals surface area contributed by atoms with Gasteiger partial charge in [0.25, 0.3) is 0 Å². The van der Waals surface area contributed by atoms with Crippen LogP contribution in [0.4, 0.5) is 0 Å². The fourth-order valence-corrected chi connectivity index (χ4v) is 9.81. The molecule has 2 unspecified atom stereocenters. The summed E-state index contributed by atoms with van der Waals surface area (Å²) in [5.41, 5.74) is 0. The van der Waals surface area contributed by atoms with Crippen molar-refractivity contribution >= 4 is 11.9 Å². The van der Waals surface area contributed by atoms with Crippen LogP contribution in [0.3, 0.4) is 0 Å². The number of carbonyl (C=O) groups excluding carboxylic acids is 2. The molecule has 0 saturated heterocycles. The number of aliphatic hydroxyl groups is 2. The second-order valence-electron chi connectivity index (χ2n) is 21.4. The summed E-state index contributed by atoms with van der Waals surface area (Å²) in [6.45, 7) is 4.93. The number of amides is 1. The van der Waals surface area contributed by atoms with Crippen molar-refractivity contribution in [2.75, 3.05) is 13.2 Å². The van der Waals surface area contributed by atoms with E-state index in [1.807, 2.05) is 0 Å². The van der Waals surface area contributed by atoms with Crippen molar-refractivity contribution in [2.45, 2.75) is 360 Å². The summed E-state index contributed by atoms with van der Waals surface area (Å²) >= 11 is 0. The SMILES string of the molecule is CCCCCCCC/C=C\CCCCCCCCCC(=O)OCCCCCCCCCCCCC(=O)NC(CO)C(O)CCCCCCCCCCCCCCCCCCCCCCCCCC. The maximum Gasteiger partial charge on any atom is 0.305 e. The molecule has 68 heavy (non-hydrogen) atoms. The molecule has 0 bridgehead atoms. The molecule has 0 heterocycles. The smallest absolute Gasteiger partial charge is 0.305 e. The summed E-state index contributed by atoms with van der Waals surface area (Å²) in [4.78, 5) is 24.6. The first kappa shape index (κ1) is 66.6. The van der Waals surface area contributed by atoms with Crippen molar-refractivity contribution in [1.29, 1.82) is 0 Å². The van der Waals surface area contributed by atoms with Crippen molar-refractivity contribution in [3.8, 4) is 0 Å². The Bertz CT molecular complexity index is 1020. The monoisotopic (exact) mass is 960 g/mol. The molecule has 2 atom stereocenters.